The molecule has 2 amide bonds. The zero-order chi connectivity index (χ0) is 22.2. The molecule has 5 heteroatoms. The predicted octanol–water partition coefficient (Wildman–Crippen LogP) is 4.11. The molecule has 0 atom stereocenters. The molecule has 0 saturated carbocycles. The van der Waals surface area contributed by atoms with Crippen LogP contribution in [0.15, 0.2) is 48.5 Å². The number of amides is 2. The van der Waals surface area contributed by atoms with E-state index in [9.17, 15) is 9.59 Å². The highest BCUT2D eigenvalue weighted by Gasteiger charge is 2.23. The molecule has 0 radical (unpaired) electrons. The molecule has 2 aromatic carbocycles. The molecule has 2 aromatic rings. The summed E-state index contributed by atoms with van der Waals surface area (Å²) in [6.07, 6.45) is 4.44. The van der Waals surface area contributed by atoms with Gasteiger partial charge in [0.15, 0.2) is 0 Å². The van der Waals surface area contributed by atoms with E-state index in [4.69, 9.17) is 5.73 Å². The van der Waals surface area contributed by atoms with Crippen molar-refractivity contribution >= 4 is 11.8 Å². The van der Waals surface area contributed by atoms with Crippen LogP contribution in [-0.2, 0) is 11.2 Å². The Balaban J connectivity index is 1.51. The van der Waals surface area contributed by atoms with Crippen molar-refractivity contribution < 1.29 is 9.59 Å². The van der Waals surface area contributed by atoms with Crippen molar-refractivity contribution in [1.82, 2.24) is 9.80 Å². The summed E-state index contributed by atoms with van der Waals surface area (Å²) >= 11 is 0. The summed E-state index contributed by atoms with van der Waals surface area (Å²) in [6.45, 7) is 7.88. The van der Waals surface area contributed by atoms with E-state index >= 15 is 0 Å². The fraction of sp³-hybridized carbons (Fsp3) is 0.462. The molecule has 5 nitrogen and oxygen atoms in total. The second-order valence-electron chi connectivity index (χ2n) is 8.72. The van der Waals surface area contributed by atoms with Crippen LogP contribution >= 0.6 is 0 Å². The van der Waals surface area contributed by atoms with Crippen LogP contribution in [0.2, 0.25) is 0 Å². The van der Waals surface area contributed by atoms with Crippen LogP contribution in [0, 0.1) is 0 Å². The van der Waals surface area contributed by atoms with E-state index < -0.39 is 0 Å². The van der Waals surface area contributed by atoms with E-state index in [2.05, 4.69) is 43.0 Å². The maximum Gasteiger partial charge on any atom is 0.253 e. The van der Waals surface area contributed by atoms with E-state index in [-0.39, 0.29) is 11.8 Å². The van der Waals surface area contributed by atoms with Crippen LogP contribution < -0.4 is 5.73 Å². The molecule has 0 aromatic heterocycles. The second kappa shape index (κ2) is 11.1. The number of nitrogens with two attached hydrogens (primary N) is 1. The summed E-state index contributed by atoms with van der Waals surface area (Å²) in [7, 11) is 0. The van der Waals surface area contributed by atoms with Crippen molar-refractivity contribution in [2.24, 2.45) is 5.73 Å². The van der Waals surface area contributed by atoms with E-state index in [0.717, 1.165) is 68.6 Å². The third-order valence-corrected chi connectivity index (χ3v) is 6.14. The molecule has 1 aliphatic rings. The van der Waals surface area contributed by atoms with Gasteiger partial charge in [0, 0.05) is 44.2 Å². The molecule has 31 heavy (non-hydrogen) atoms. The number of nitrogens with zero attached hydrogens (tertiary/aromatic N) is 2. The number of carbonyl (C=O) groups excluding carboxylic acids is 2. The summed E-state index contributed by atoms with van der Waals surface area (Å²) in [5, 5.41) is 0. The molecule has 3 rings (SSSR count). The highest BCUT2D eigenvalue weighted by atomic mass is 16.2. The van der Waals surface area contributed by atoms with Crippen LogP contribution in [0.4, 0.5) is 0 Å². The van der Waals surface area contributed by atoms with Gasteiger partial charge in [-0.2, -0.15) is 0 Å². The minimum Gasteiger partial charge on any atom is -0.370 e. The average Bonchev–Trinajstić information content (AvgIpc) is 2.79. The van der Waals surface area contributed by atoms with Crippen LogP contribution in [0.3, 0.4) is 0 Å². The van der Waals surface area contributed by atoms with Gasteiger partial charge < -0.3 is 10.6 Å². The molecule has 1 aliphatic heterocycles. The third kappa shape index (κ3) is 6.66. The van der Waals surface area contributed by atoms with Crippen LogP contribution in [0.5, 0.6) is 0 Å². The average molecular weight is 422 g/mol. The van der Waals surface area contributed by atoms with Gasteiger partial charge in [0.2, 0.25) is 5.91 Å². The largest absolute Gasteiger partial charge is 0.370 e. The quantitative estimate of drug-likeness (QED) is 0.620. The standard InChI is InChI=1S/C26H35N3O2/c1-20(2)28-16-18-29(19-17-28)26(31)24-14-12-23(13-15-24)22-10-8-21(9-11-22)6-4-3-5-7-25(27)30/h8-15,20H,3-7,16-19H2,1-2H3,(H2,27,30). The number of primary amides is 1. The monoisotopic (exact) mass is 421 g/mol. The van der Waals surface area contributed by atoms with Crippen LogP contribution in [-0.4, -0.2) is 53.8 Å². The zero-order valence-corrected chi connectivity index (χ0v) is 18.8. The summed E-state index contributed by atoms with van der Waals surface area (Å²) in [4.78, 5) is 28.0. The Labute approximate surface area is 186 Å². The molecule has 1 saturated heterocycles. The Morgan fingerprint density at radius 2 is 1.42 bits per heavy atom. The van der Waals surface area contributed by atoms with Gasteiger partial charge in [0.05, 0.1) is 0 Å². The molecule has 1 heterocycles. The second-order valence-corrected chi connectivity index (χ2v) is 8.72. The highest BCUT2D eigenvalue weighted by Crippen LogP contribution is 2.22. The van der Waals surface area contributed by atoms with Crippen molar-refractivity contribution in [2.45, 2.75) is 52.0 Å². The van der Waals surface area contributed by atoms with E-state index in [1.54, 1.807) is 0 Å². The lowest BCUT2D eigenvalue weighted by Crippen LogP contribution is -2.50. The normalized spacial score (nSPS) is 14.7. The molecule has 0 aliphatic carbocycles. The molecular weight excluding hydrogens is 386 g/mol. The van der Waals surface area contributed by atoms with Crippen molar-refractivity contribution in [3.05, 3.63) is 59.7 Å². The minimum atomic E-state index is -0.217. The Bertz CT molecular complexity index is 851. The first kappa shape index (κ1) is 23.0. The first-order valence-corrected chi connectivity index (χ1v) is 11.4. The van der Waals surface area contributed by atoms with Gasteiger partial charge in [0.1, 0.15) is 0 Å². The Kier molecular flexibility index (Phi) is 8.24. The number of piperazine rings is 1. The number of benzene rings is 2. The fourth-order valence-corrected chi connectivity index (χ4v) is 4.10. The maximum atomic E-state index is 12.8. The summed E-state index contributed by atoms with van der Waals surface area (Å²) < 4.78 is 0. The molecular formula is C26H35N3O2. The zero-order valence-electron chi connectivity index (χ0n) is 18.8. The lowest BCUT2D eigenvalue weighted by atomic mass is 10.00. The number of aryl methyl sites for hydroxylation is 1. The lowest BCUT2D eigenvalue weighted by Gasteiger charge is -2.37. The van der Waals surface area contributed by atoms with Crippen molar-refractivity contribution in [3.8, 4) is 11.1 Å². The lowest BCUT2D eigenvalue weighted by molar-refractivity contribution is -0.118. The van der Waals surface area contributed by atoms with Gasteiger partial charge in [-0.3, -0.25) is 14.5 Å². The van der Waals surface area contributed by atoms with Crippen LogP contribution in [0.1, 0.15) is 55.5 Å². The molecule has 0 bridgehead atoms. The Hall–Kier alpha value is -2.66. The molecule has 1 fully saturated rings. The molecule has 166 valence electrons. The van der Waals surface area contributed by atoms with Gasteiger partial charge >= 0.3 is 0 Å². The number of hydrogen-bond acceptors (Lipinski definition) is 3. The summed E-state index contributed by atoms with van der Waals surface area (Å²) in [5.41, 5.74) is 9.51. The molecule has 0 unspecified atom stereocenters. The van der Waals surface area contributed by atoms with Gasteiger partial charge in [-0.15, -0.1) is 0 Å². The maximum absolute atomic E-state index is 12.8. The van der Waals surface area contributed by atoms with Crippen molar-refractivity contribution in [2.75, 3.05) is 26.2 Å². The van der Waals surface area contributed by atoms with Gasteiger partial charge in [-0.25, -0.2) is 0 Å². The number of carbonyl (C=O) groups is 2. The molecule has 0 spiro atoms. The van der Waals surface area contributed by atoms with Crippen LogP contribution in [0.25, 0.3) is 11.1 Å². The van der Waals surface area contributed by atoms with Gasteiger partial charge in [-0.05, 0) is 61.9 Å². The minimum absolute atomic E-state index is 0.127. The highest BCUT2D eigenvalue weighted by molar-refractivity contribution is 5.94. The first-order valence-electron chi connectivity index (χ1n) is 11.4. The molecule has 2 N–H and O–H groups in total. The predicted molar refractivity (Wildman–Crippen MR) is 126 cm³/mol. The number of hydrogen-bond donors (Lipinski definition) is 1. The third-order valence-electron chi connectivity index (χ3n) is 6.14. The smallest absolute Gasteiger partial charge is 0.253 e. The van der Waals surface area contributed by atoms with Gasteiger partial charge in [0.25, 0.3) is 5.91 Å². The fourth-order valence-electron chi connectivity index (χ4n) is 4.10. The Morgan fingerprint density at radius 3 is 1.97 bits per heavy atom. The first-order chi connectivity index (χ1) is 14.9. The van der Waals surface area contributed by atoms with E-state index in [0.29, 0.717) is 12.5 Å². The Morgan fingerprint density at radius 1 is 0.839 bits per heavy atom. The van der Waals surface area contributed by atoms with E-state index in [1.165, 1.54) is 5.56 Å². The number of rotatable bonds is 9. The number of unbranched alkanes of at least 4 members (excludes halogenated alkanes) is 2. The SMILES string of the molecule is CC(C)N1CCN(C(=O)c2ccc(-c3ccc(CCCCCC(N)=O)cc3)cc2)CC1. The summed E-state index contributed by atoms with van der Waals surface area (Å²) in [5.74, 6) is -0.0904. The van der Waals surface area contributed by atoms with Crippen molar-refractivity contribution in [1.29, 1.82) is 0 Å². The van der Waals surface area contributed by atoms with Gasteiger partial charge in [-0.1, -0.05) is 42.8 Å². The van der Waals surface area contributed by atoms with E-state index in [1.807, 2.05) is 29.2 Å². The topological polar surface area (TPSA) is 66.6 Å². The van der Waals surface area contributed by atoms with Crippen molar-refractivity contribution in [3.63, 3.8) is 0 Å². The summed E-state index contributed by atoms with van der Waals surface area (Å²) in [6, 6.07) is 17.1.